The molecule has 2 atom stereocenters. The Bertz CT molecular complexity index is 185. The van der Waals surface area contributed by atoms with Crippen molar-refractivity contribution in [1.82, 2.24) is 5.32 Å². The van der Waals surface area contributed by atoms with Gasteiger partial charge in [0.25, 0.3) is 0 Å². The smallest absolute Gasteiger partial charge is 0.407 e. The molecule has 0 unspecified atom stereocenters. The number of amides is 1. The Hall–Kier alpha value is -0.770. The van der Waals surface area contributed by atoms with E-state index < -0.39 is 5.60 Å². The van der Waals surface area contributed by atoms with Crippen molar-refractivity contribution in [2.45, 2.75) is 58.7 Å². The van der Waals surface area contributed by atoms with Gasteiger partial charge >= 0.3 is 6.09 Å². The molecule has 84 valence electrons. The maximum Gasteiger partial charge on any atom is 0.407 e. The second-order valence-corrected chi connectivity index (χ2v) is 4.76. The van der Waals surface area contributed by atoms with Crippen LogP contribution in [0.2, 0.25) is 0 Å². The van der Waals surface area contributed by atoms with Crippen LogP contribution in [0.25, 0.3) is 0 Å². The van der Waals surface area contributed by atoms with Gasteiger partial charge in [0.15, 0.2) is 0 Å². The van der Waals surface area contributed by atoms with Crippen LogP contribution in [0.1, 0.15) is 41.0 Å². The highest BCUT2D eigenvalue weighted by atomic mass is 16.6. The van der Waals surface area contributed by atoms with Gasteiger partial charge in [-0.3, -0.25) is 0 Å². The molecular weight excluding hydrogens is 180 g/mol. The lowest BCUT2D eigenvalue weighted by molar-refractivity contribution is 0.0505. The van der Waals surface area contributed by atoms with Crippen LogP contribution in [0.15, 0.2) is 0 Å². The van der Waals surface area contributed by atoms with Crippen LogP contribution in [-0.4, -0.2) is 23.8 Å². The summed E-state index contributed by atoms with van der Waals surface area (Å²) in [7, 11) is 0. The van der Waals surface area contributed by atoms with E-state index in [4.69, 9.17) is 10.5 Å². The molecule has 0 bridgehead atoms. The molecule has 0 saturated carbocycles. The van der Waals surface area contributed by atoms with E-state index in [1.807, 2.05) is 34.6 Å². The standard InChI is InChI=1S/C10H22N2O2/c1-7(11)6-8(2)12-9(13)14-10(3,4)5/h7-8H,6,11H2,1-5H3,(H,12,13)/t7-,8+/m0/s1. The number of nitrogens with one attached hydrogen (secondary N) is 1. The van der Waals surface area contributed by atoms with Crippen molar-refractivity contribution < 1.29 is 9.53 Å². The molecule has 0 rings (SSSR count). The van der Waals surface area contributed by atoms with Gasteiger partial charge < -0.3 is 15.8 Å². The Morgan fingerprint density at radius 1 is 1.43 bits per heavy atom. The van der Waals surface area contributed by atoms with Gasteiger partial charge in [0.05, 0.1) is 0 Å². The molecule has 0 aromatic carbocycles. The minimum atomic E-state index is -0.446. The maximum absolute atomic E-state index is 11.3. The zero-order valence-electron chi connectivity index (χ0n) is 9.76. The maximum atomic E-state index is 11.3. The first kappa shape index (κ1) is 13.2. The fraction of sp³-hybridized carbons (Fsp3) is 0.900. The van der Waals surface area contributed by atoms with Gasteiger partial charge in [-0.1, -0.05) is 0 Å². The third-order valence-electron chi connectivity index (χ3n) is 1.49. The van der Waals surface area contributed by atoms with Crippen molar-refractivity contribution in [3.05, 3.63) is 0 Å². The second-order valence-electron chi connectivity index (χ2n) is 4.76. The lowest BCUT2D eigenvalue weighted by Crippen LogP contribution is -2.39. The fourth-order valence-corrected chi connectivity index (χ4v) is 1.13. The van der Waals surface area contributed by atoms with E-state index in [9.17, 15) is 4.79 Å². The van der Waals surface area contributed by atoms with E-state index in [1.54, 1.807) is 0 Å². The molecule has 4 nitrogen and oxygen atoms in total. The normalized spacial score (nSPS) is 15.9. The molecule has 0 fully saturated rings. The number of nitrogens with two attached hydrogens (primary N) is 1. The summed E-state index contributed by atoms with van der Waals surface area (Å²) in [4.78, 5) is 11.3. The van der Waals surface area contributed by atoms with Crippen molar-refractivity contribution in [2.24, 2.45) is 5.73 Å². The summed E-state index contributed by atoms with van der Waals surface area (Å²) in [6, 6.07) is 0.129. The minimum absolute atomic E-state index is 0.0462. The van der Waals surface area contributed by atoms with Crippen molar-refractivity contribution in [3.8, 4) is 0 Å². The molecule has 4 heteroatoms. The zero-order chi connectivity index (χ0) is 11.4. The lowest BCUT2D eigenvalue weighted by atomic mass is 10.1. The van der Waals surface area contributed by atoms with Crippen LogP contribution in [-0.2, 0) is 4.74 Å². The molecule has 1 amide bonds. The van der Waals surface area contributed by atoms with E-state index in [0.29, 0.717) is 0 Å². The summed E-state index contributed by atoms with van der Waals surface area (Å²) in [5.74, 6) is 0. The van der Waals surface area contributed by atoms with Crippen molar-refractivity contribution in [1.29, 1.82) is 0 Å². The van der Waals surface area contributed by atoms with E-state index in [1.165, 1.54) is 0 Å². The van der Waals surface area contributed by atoms with Crippen LogP contribution < -0.4 is 11.1 Å². The average molecular weight is 202 g/mol. The topological polar surface area (TPSA) is 64.3 Å². The third kappa shape index (κ3) is 7.86. The Kier molecular flexibility index (Phi) is 4.91. The van der Waals surface area contributed by atoms with E-state index in [0.717, 1.165) is 6.42 Å². The van der Waals surface area contributed by atoms with Gasteiger partial charge in [-0.25, -0.2) is 4.79 Å². The molecule has 0 saturated heterocycles. The Balaban J connectivity index is 3.83. The number of hydrogen-bond acceptors (Lipinski definition) is 3. The molecule has 0 aromatic rings. The summed E-state index contributed by atoms with van der Waals surface area (Å²) < 4.78 is 5.10. The number of carbonyl (C=O) groups is 1. The van der Waals surface area contributed by atoms with E-state index >= 15 is 0 Å². The number of ether oxygens (including phenoxy) is 1. The molecular formula is C10H22N2O2. The molecule has 14 heavy (non-hydrogen) atoms. The summed E-state index contributed by atoms with van der Waals surface area (Å²) in [6.07, 6.45) is 0.366. The molecule has 0 spiro atoms. The monoisotopic (exact) mass is 202 g/mol. The van der Waals surface area contributed by atoms with Crippen LogP contribution in [0.5, 0.6) is 0 Å². The first-order chi connectivity index (χ1) is 6.20. The van der Waals surface area contributed by atoms with Gasteiger partial charge in [0.2, 0.25) is 0 Å². The predicted molar refractivity (Wildman–Crippen MR) is 57.1 cm³/mol. The Morgan fingerprint density at radius 3 is 2.29 bits per heavy atom. The minimum Gasteiger partial charge on any atom is -0.444 e. The average Bonchev–Trinajstić information content (AvgIpc) is 1.77. The summed E-state index contributed by atoms with van der Waals surface area (Å²) >= 11 is 0. The van der Waals surface area contributed by atoms with Gasteiger partial charge in [0.1, 0.15) is 5.60 Å². The van der Waals surface area contributed by atoms with Crippen LogP contribution in [0.4, 0.5) is 4.79 Å². The highest BCUT2D eigenvalue weighted by molar-refractivity contribution is 5.67. The van der Waals surface area contributed by atoms with Crippen LogP contribution in [0, 0.1) is 0 Å². The second kappa shape index (κ2) is 5.20. The number of alkyl carbamates (subject to hydrolysis) is 1. The molecule has 0 aliphatic heterocycles. The predicted octanol–water partition coefficient (Wildman–Crippen LogP) is 1.64. The third-order valence-corrected chi connectivity index (χ3v) is 1.49. The quantitative estimate of drug-likeness (QED) is 0.731. The number of carbonyl (C=O) groups excluding carboxylic acids is 1. The van der Waals surface area contributed by atoms with Crippen molar-refractivity contribution in [2.75, 3.05) is 0 Å². The van der Waals surface area contributed by atoms with Gasteiger partial charge in [-0.05, 0) is 41.0 Å². The summed E-state index contributed by atoms with van der Waals surface area (Å²) in [5, 5.41) is 2.73. The zero-order valence-corrected chi connectivity index (χ0v) is 9.76. The van der Waals surface area contributed by atoms with Gasteiger partial charge in [-0.2, -0.15) is 0 Å². The number of hydrogen-bond donors (Lipinski definition) is 2. The van der Waals surface area contributed by atoms with Gasteiger partial charge in [0, 0.05) is 12.1 Å². The van der Waals surface area contributed by atoms with Gasteiger partial charge in [-0.15, -0.1) is 0 Å². The number of rotatable bonds is 3. The molecule has 0 aliphatic carbocycles. The summed E-state index contributed by atoms with van der Waals surface area (Å²) in [6.45, 7) is 9.33. The fourth-order valence-electron chi connectivity index (χ4n) is 1.13. The summed E-state index contributed by atoms with van der Waals surface area (Å²) in [5.41, 5.74) is 5.16. The molecule has 0 radical (unpaired) electrons. The molecule has 3 N–H and O–H groups in total. The molecule has 0 aliphatic rings. The van der Waals surface area contributed by atoms with Crippen molar-refractivity contribution >= 4 is 6.09 Å². The molecule has 0 heterocycles. The van der Waals surface area contributed by atoms with Crippen LogP contribution >= 0.6 is 0 Å². The SMILES string of the molecule is C[C@H](N)C[C@@H](C)NC(=O)OC(C)(C)C. The molecule has 0 aromatic heterocycles. The highest BCUT2D eigenvalue weighted by Crippen LogP contribution is 2.07. The largest absolute Gasteiger partial charge is 0.444 e. The first-order valence-corrected chi connectivity index (χ1v) is 4.96. The van der Waals surface area contributed by atoms with Crippen LogP contribution in [0.3, 0.4) is 0 Å². The van der Waals surface area contributed by atoms with E-state index in [2.05, 4.69) is 5.32 Å². The van der Waals surface area contributed by atoms with E-state index in [-0.39, 0.29) is 18.2 Å². The first-order valence-electron chi connectivity index (χ1n) is 4.96. The Labute approximate surface area is 86.2 Å². The highest BCUT2D eigenvalue weighted by Gasteiger charge is 2.17. The lowest BCUT2D eigenvalue weighted by Gasteiger charge is -2.22. The van der Waals surface area contributed by atoms with Crippen molar-refractivity contribution in [3.63, 3.8) is 0 Å². The Morgan fingerprint density at radius 2 is 1.93 bits per heavy atom.